The molecule has 0 atom stereocenters. The van der Waals surface area contributed by atoms with Crippen molar-refractivity contribution in [3.63, 3.8) is 0 Å². The molecule has 0 aliphatic carbocycles. The zero-order valence-corrected chi connectivity index (χ0v) is 46.2. The summed E-state index contributed by atoms with van der Waals surface area (Å²) >= 11 is 0. The Hall–Kier alpha value is -7.30. The van der Waals surface area contributed by atoms with Crippen molar-refractivity contribution in [3.05, 3.63) is 215 Å². The summed E-state index contributed by atoms with van der Waals surface area (Å²) in [5.74, 6) is 0. The van der Waals surface area contributed by atoms with Crippen LogP contribution in [0.5, 0.6) is 0 Å². The van der Waals surface area contributed by atoms with Crippen LogP contribution in [0.15, 0.2) is 182 Å². The lowest BCUT2D eigenvalue weighted by Gasteiger charge is -2.46. The molecule has 9 aromatic rings. The number of aryl methyl sites for hydroxylation is 2. The standard InChI is InChI=1S/C70H72BN3/c1-45-22-25-48(26-23-45)57-37-24-46(2)40-63(57)74(60-21-17-19-47-18-15-16-20-56(47)60)55-43-64-66-65(44-55)73(54-35-29-50(30-36-54)68(6,7)8)62-39-32-52(70(12,13)14)42-59(62)71(66)58-41-51(69(9,10)11)31-38-61(58)72(64)53-33-27-49(28-34-53)67(3,4)5/h15-44H,1-14H3. The summed E-state index contributed by atoms with van der Waals surface area (Å²) in [5, 5.41) is 2.40. The Balaban J connectivity index is 1.31. The third kappa shape index (κ3) is 8.60. The van der Waals surface area contributed by atoms with Crippen LogP contribution in [-0.2, 0) is 21.7 Å². The van der Waals surface area contributed by atoms with Crippen LogP contribution >= 0.6 is 0 Å². The number of fused-ring (bicyclic) bond motifs is 5. The fraction of sp³-hybridized carbons (Fsp3) is 0.257. The summed E-state index contributed by atoms with van der Waals surface area (Å²) in [5.41, 5.74) is 24.4. The number of nitrogens with zero attached hydrogens (tertiary/aromatic N) is 3. The predicted octanol–water partition coefficient (Wildman–Crippen LogP) is 17.9. The molecule has 3 nitrogen and oxygen atoms in total. The first-order valence-corrected chi connectivity index (χ1v) is 26.8. The molecule has 2 aliphatic heterocycles. The minimum atomic E-state index is -0.0608. The van der Waals surface area contributed by atoms with Gasteiger partial charge in [-0.15, -0.1) is 0 Å². The van der Waals surface area contributed by atoms with Crippen molar-refractivity contribution in [2.45, 2.75) is 119 Å². The molecule has 74 heavy (non-hydrogen) atoms. The molecule has 2 aliphatic rings. The highest BCUT2D eigenvalue weighted by Crippen LogP contribution is 2.51. The van der Waals surface area contributed by atoms with Gasteiger partial charge in [0.1, 0.15) is 0 Å². The van der Waals surface area contributed by atoms with Crippen molar-refractivity contribution < 1.29 is 0 Å². The zero-order chi connectivity index (χ0) is 52.2. The second kappa shape index (κ2) is 17.7. The van der Waals surface area contributed by atoms with E-state index in [-0.39, 0.29) is 28.4 Å². The smallest absolute Gasteiger partial charge is 0.252 e. The average molecular weight is 966 g/mol. The summed E-state index contributed by atoms with van der Waals surface area (Å²) in [4.78, 5) is 7.74. The molecule has 0 saturated heterocycles. The highest BCUT2D eigenvalue weighted by Gasteiger charge is 2.45. The summed E-state index contributed by atoms with van der Waals surface area (Å²) in [7, 11) is 0. The van der Waals surface area contributed by atoms with Gasteiger partial charge in [-0.3, -0.25) is 0 Å². The van der Waals surface area contributed by atoms with Gasteiger partial charge in [-0.05, 0) is 151 Å². The Labute approximate surface area is 442 Å². The maximum Gasteiger partial charge on any atom is 0.252 e. The van der Waals surface area contributed by atoms with Crippen LogP contribution in [0, 0.1) is 13.8 Å². The number of hydrogen-bond acceptors (Lipinski definition) is 3. The Morgan fingerprint density at radius 2 is 0.838 bits per heavy atom. The minimum Gasteiger partial charge on any atom is -0.311 e. The average Bonchev–Trinajstić information content (AvgIpc) is 3.38. The lowest BCUT2D eigenvalue weighted by molar-refractivity contribution is 0.590. The first-order chi connectivity index (χ1) is 35.0. The quantitative estimate of drug-likeness (QED) is 0.154. The summed E-state index contributed by atoms with van der Waals surface area (Å²) in [6, 6.07) is 70.2. The number of hydrogen-bond donors (Lipinski definition) is 0. The molecule has 0 unspecified atom stereocenters. The molecule has 0 radical (unpaired) electrons. The Bertz CT molecular complexity index is 3460. The lowest BCUT2D eigenvalue weighted by atomic mass is 9.33. The Morgan fingerprint density at radius 1 is 0.378 bits per heavy atom. The topological polar surface area (TPSA) is 9.72 Å². The van der Waals surface area contributed by atoms with Crippen LogP contribution in [0.2, 0.25) is 0 Å². The molecule has 0 fully saturated rings. The third-order valence-electron chi connectivity index (χ3n) is 15.8. The first kappa shape index (κ1) is 48.9. The fourth-order valence-corrected chi connectivity index (χ4v) is 11.4. The van der Waals surface area contributed by atoms with Gasteiger partial charge in [-0.25, -0.2) is 0 Å². The van der Waals surface area contributed by atoms with E-state index in [2.05, 4.69) is 294 Å². The molecular weight excluding hydrogens is 894 g/mol. The van der Waals surface area contributed by atoms with Gasteiger partial charge in [0.15, 0.2) is 0 Å². The molecule has 11 rings (SSSR count). The molecule has 0 spiro atoms. The van der Waals surface area contributed by atoms with Crippen LogP contribution in [0.1, 0.15) is 116 Å². The fourth-order valence-electron chi connectivity index (χ4n) is 11.4. The van der Waals surface area contributed by atoms with Gasteiger partial charge in [0, 0.05) is 45.1 Å². The molecule has 0 N–H and O–H groups in total. The largest absolute Gasteiger partial charge is 0.311 e. The molecule has 0 aromatic heterocycles. The van der Waals surface area contributed by atoms with Gasteiger partial charge in [0.2, 0.25) is 0 Å². The number of rotatable bonds is 6. The van der Waals surface area contributed by atoms with E-state index < -0.39 is 0 Å². The second-order valence-corrected chi connectivity index (χ2v) is 25.4. The van der Waals surface area contributed by atoms with Crippen LogP contribution in [0.25, 0.3) is 21.9 Å². The zero-order valence-electron chi connectivity index (χ0n) is 46.2. The molecule has 0 amide bonds. The summed E-state index contributed by atoms with van der Waals surface area (Å²) in [6.07, 6.45) is 0. The first-order valence-electron chi connectivity index (χ1n) is 26.8. The van der Waals surface area contributed by atoms with E-state index in [9.17, 15) is 0 Å². The lowest BCUT2D eigenvalue weighted by Crippen LogP contribution is -2.61. The Kier molecular flexibility index (Phi) is 11.7. The van der Waals surface area contributed by atoms with Gasteiger partial charge < -0.3 is 14.7 Å². The van der Waals surface area contributed by atoms with E-state index in [1.807, 2.05) is 0 Å². The third-order valence-corrected chi connectivity index (χ3v) is 15.8. The predicted molar refractivity (Wildman–Crippen MR) is 322 cm³/mol. The monoisotopic (exact) mass is 966 g/mol. The van der Waals surface area contributed by atoms with Crippen molar-refractivity contribution in [1.82, 2.24) is 0 Å². The van der Waals surface area contributed by atoms with Gasteiger partial charge in [0.25, 0.3) is 6.71 Å². The molecule has 0 saturated carbocycles. The Morgan fingerprint density at radius 3 is 1.34 bits per heavy atom. The van der Waals surface area contributed by atoms with Gasteiger partial charge in [-0.1, -0.05) is 210 Å². The molecule has 370 valence electrons. The maximum absolute atomic E-state index is 2.59. The summed E-state index contributed by atoms with van der Waals surface area (Å²) in [6.45, 7) is 32.3. The summed E-state index contributed by atoms with van der Waals surface area (Å²) < 4.78 is 0. The molecule has 2 heterocycles. The van der Waals surface area contributed by atoms with Crippen LogP contribution in [-0.4, -0.2) is 6.71 Å². The van der Waals surface area contributed by atoms with Crippen LogP contribution in [0.4, 0.5) is 51.2 Å². The van der Waals surface area contributed by atoms with E-state index in [0.29, 0.717) is 0 Å². The van der Waals surface area contributed by atoms with Crippen molar-refractivity contribution in [2.24, 2.45) is 0 Å². The van der Waals surface area contributed by atoms with E-state index in [1.165, 1.54) is 94.4 Å². The van der Waals surface area contributed by atoms with Crippen molar-refractivity contribution in [3.8, 4) is 11.1 Å². The molecule has 4 heteroatoms. The number of anilines is 9. The molecule has 9 aromatic carbocycles. The molecular formula is C70H72BN3. The minimum absolute atomic E-state index is 0.00354. The SMILES string of the molecule is Cc1ccc(-c2ccc(C)cc2N(c2cc3c4c(c2)N(c2ccc(C(C)(C)C)cc2)c2ccc(C(C)(C)C)cc2B4c2cc(C(C)(C)C)ccc2N3c2ccc(C(C)(C)C)cc2)c2cccc3ccccc23)cc1. The van der Waals surface area contributed by atoms with Crippen molar-refractivity contribution in [1.29, 1.82) is 0 Å². The second-order valence-electron chi connectivity index (χ2n) is 25.4. The van der Waals surface area contributed by atoms with E-state index in [4.69, 9.17) is 0 Å². The van der Waals surface area contributed by atoms with Crippen LogP contribution < -0.4 is 31.1 Å². The number of benzene rings is 9. The van der Waals surface area contributed by atoms with Crippen LogP contribution in [0.3, 0.4) is 0 Å². The highest BCUT2D eigenvalue weighted by atomic mass is 15.2. The van der Waals surface area contributed by atoms with E-state index in [0.717, 1.165) is 28.4 Å². The van der Waals surface area contributed by atoms with Gasteiger partial charge >= 0.3 is 0 Å². The highest BCUT2D eigenvalue weighted by molar-refractivity contribution is 7.00. The molecule has 0 bridgehead atoms. The van der Waals surface area contributed by atoms with Gasteiger partial charge in [-0.2, -0.15) is 0 Å². The van der Waals surface area contributed by atoms with Crippen molar-refractivity contribution >= 4 is 85.1 Å². The van der Waals surface area contributed by atoms with Gasteiger partial charge in [0.05, 0.1) is 17.1 Å². The van der Waals surface area contributed by atoms with E-state index >= 15 is 0 Å². The maximum atomic E-state index is 2.59. The van der Waals surface area contributed by atoms with Crippen molar-refractivity contribution in [2.75, 3.05) is 14.7 Å². The normalized spacial score (nSPS) is 13.5. The van der Waals surface area contributed by atoms with E-state index in [1.54, 1.807) is 0 Å².